The first-order chi connectivity index (χ1) is 15.2. The number of carbonyl (C=O) groups excluding carboxylic acids is 2. The fourth-order valence-corrected chi connectivity index (χ4v) is 3.10. The van der Waals surface area contributed by atoms with Crippen LogP contribution in [0.5, 0.6) is 11.5 Å². The highest BCUT2D eigenvalue weighted by Gasteiger charge is 2.15. The van der Waals surface area contributed by atoms with Gasteiger partial charge in [0.05, 0.1) is 12.2 Å². The number of thiocarbonyl (C=S) groups is 1. The third-order valence-electron chi connectivity index (χ3n) is 4.60. The maximum atomic E-state index is 12.7. The minimum absolute atomic E-state index is 0.0526. The number of carbonyl (C=O) groups is 2. The molecule has 0 aliphatic heterocycles. The average Bonchev–Trinajstić information content (AvgIpc) is 2.74. The highest BCUT2D eigenvalue weighted by atomic mass is 79.9. The van der Waals surface area contributed by atoms with Crippen LogP contribution in [0.2, 0.25) is 0 Å². The van der Waals surface area contributed by atoms with Crippen LogP contribution in [0.25, 0.3) is 0 Å². The molecule has 0 heterocycles. The van der Waals surface area contributed by atoms with Gasteiger partial charge in [-0.15, -0.1) is 0 Å². The van der Waals surface area contributed by atoms with Crippen molar-refractivity contribution in [2.24, 2.45) is 5.92 Å². The number of rotatable bonds is 8. The molecule has 0 saturated carbocycles. The van der Waals surface area contributed by atoms with E-state index < -0.39 is 11.8 Å². The standard InChI is InChI=1S/C23H28BrN3O4S/c1-14(2)10-11-30-20-9-8-17(24)12-18(20)22(29)25-23(32)27-26-21(28)13-31-19-7-5-6-15(3)16(19)4/h5-9,12,14H,10-11,13H2,1-4H3,(H,26,28)(H2,25,27,29,32). The van der Waals surface area contributed by atoms with Crippen molar-refractivity contribution >= 4 is 45.1 Å². The summed E-state index contributed by atoms with van der Waals surface area (Å²) in [5, 5.41) is 2.48. The minimum atomic E-state index is -0.454. The Morgan fingerprint density at radius 2 is 1.81 bits per heavy atom. The maximum Gasteiger partial charge on any atom is 0.276 e. The van der Waals surface area contributed by atoms with E-state index in [2.05, 4.69) is 45.9 Å². The molecule has 7 nitrogen and oxygen atoms in total. The Morgan fingerprint density at radius 3 is 2.53 bits per heavy atom. The van der Waals surface area contributed by atoms with Crippen LogP contribution in [0.3, 0.4) is 0 Å². The molecule has 0 aliphatic rings. The lowest BCUT2D eigenvalue weighted by Crippen LogP contribution is -2.49. The maximum absolute atomic E-state index is 12.7. The summed E-state index contributed by atoms with van der Waals surface area (Å²) in [6.07, 6.45) is 0.868. The second-order valence-corrected chi connectivity index (χ2v) is 8.94. The Hall–Kier alpha value is -2.65. The van der Waals surface area contributed by atoms with E-state index in [9.17, 15) is 9.59 Å². The highest BCUT2D eigenvalue weighted by Crippen LogP contribution is 2.24. The summed E-state index contributed by atoms with van der Waals surface area (Å²) in [5.74, 6) is 0.685. The van der Waals surface area contributed by atoms with Crippen LogP contribution in [0.15, 0.2) is 40.9 Å². The van der Waals surface area contributed by atoms with Gasteiger partial charge in [-0.25, -0.2) is 0 Å². The van der Waals surface area contributed by atoms with Crippen molar-refractivity contribution in [3.05, 3.63) is 57.6 Å². The second-order valence-electron chi connectivity index (χ2n) is 7.61. The van der Waals surface area contributed by atoms with Gasteiger partial charge < -0.3 is 9.47 Å². The molecule has 0 spiro atoms. The van der Waals surface area contributed by atoms with Gasteiger partial charge in [0.1, 0.15) is 11.5 Å². The Labute approximate surface area is 202 Å². The number of benzene rings is 2. The summed E-state index contributed by atoms with van der Waals surface area (Å²) < 4.78 is 12.0. The van der Waals surface area contributed by atoms with Crippen LogP contribution in [0.1, 0.15) is 41.8 Å². The third kappa shape index (κ3) is 8.12. The quantitative estimate of drug-likeness (QED) is 0.356. The molecule has 32 heavy (non-hydrogen) atoms. The average molecular weight is 522 g/mol. The van der Waals surface area contributed by atoms with Gasteiger partial charge in [0.15, 0.2) is 11.7 Å². The van der Waals surface area contributed by atoms with Crippen molar-refractivity contribution in [3.8, 4) is 11.5 Å². The SMILES string of the molecule is Cc1cccc(OCC(=O)NNC(=S)NC(=O)c2cc(Br)ccc2OCCC(C)C)c1C. The lowest BCUT2D eigenvalue weighted by atomic mass is 10.1. The van der Waals surface area contributed by atoms with E-state index in [1.54, 1.807) is 24.3 Å². The molecule has 2 rings (SSSR count). The zero-order valence-corrected chi connectivity index (χ0v) is 21.0. The van der Waals surface area contributed by atoms with E-state index in [0.717, 1.165) is 22.0 Å². The molecule has 2 amide bonds. The van der Waals surface area contributed by atoms with Gasteiger partial charge in [-0.05, 0) is 73.8 Å². The van der Waals surface area contributed by atoms with Gasteiger partial charge in [-0.1, -0.05) is 41.9 Å². The normalized spacial score (nSPS) is 10.4. The summed E-state index contributed by atoms with van der Waals surface area (Å²) in [6, 6.07) is 10.8. The fraction of sp³-hybridized carbons (Fsp3) is 0.348. The van der Waals surface area contributed by atoms with E-state index >= 15 is 0 Å². The minimum Gasteiger partial charge on any atom is -0.493 e. The predicted octanol–water partition coefficient (Wildman–Crippen LogP) is 4.21. The Kier molecular flexibility index (Phi) is 9.93. The number of ether oxygens (including phenoxy) is 2. The molecule has 0 saturated heterocycles. The fourth-order valence-electron chi connectivity index (χ4n) is 2.60. The number of hydrazine groups is 1. The summed E-state index contributed by atoms with van der Waals surface area (Å²) in [4.78, 5) is 24.7. The number of nitrogens with one attached hydrogen (secondary N) is 3. The third-order valence-corrected chi connectivity index (χ3v) is 5.29. The molecule has 172 valence electrons. The smallest absolute Gasteiger partial charge is 0.276 e. The lowest BCUT2D eigenvalue weighted by Gasteiger charge is -2.15. The summed E-state index contributed by atoms with van der Waals surface area (Å²) in [5.41, 5.74) is 7.28. The molecule has 0 radical (unpaired) electrons. The molecule has 3 N–H and O–H groups in total. The van der Waals surface area contributed by atoms with Gasteiger partial charge in [0.2, 0.25) is 0 Å². The summed E-state index contributed by atoms with van der Waals surface area (Å²) >= 11 is 8.47. The lowest BCUT2D eigenvalue weighted by molar-refractivity contribution is -0.123. The van der Waals surface area contributed by atoms with E-state index in [0.29, 0.717) is 29.6 Å². The van der Waals surface area contributed by atoms with Gasteiger partial charge in [0, 0.05) is 4.47 Å². The first-order valence-electron chi connectivity index (χ1n) is 10.2. The number of halogens is 1. The van der Waals surface area contributed by atoms with Crippen LogP contribution >= 0.6 is 28.1 Å². The first kappa shape index (κ1) is 25.6. The van der Waals surface area contributed by atoms with Crippen molar-refractivity contribution < 1.29 is 19.1 Å². The van der Waals surface area contributed by atoms with Gasteiger partial charge in [-0.3, -0.25) is 25.8 Å². The van der Waals surface area contributed by atoms with Crippen LogP contribution in [0, 0.1) is 19.8 Å². The molecule has 2 aromatic carbocycles. The molecule has 0 bridgehead atoms. The topological polar surface area (TPSA) is 88.7 Å². The summed E-state index contributed by atoms with van der Waals surface area (Å²) in [7, 11) is 0. The van der Waals surface area contributed by atoms with E-state index in [-0.39, 0.29) is 11.7 Å². The van der Waals surface area contributed by atoms with Crippen LogP contribution in [-0.4, -0.2) is 30.1 Å². The molecule has 0 atom stereocenters. The molecular formula is C23H28BrN3O4S. The molecule has 0 aliphatic carbocycles. The second kappa shape index (κ2) is 12.4. The predicted molar refractivity (Wildman–Crippen MR) is 132 cm³/mol. The zero-order valence-electron chi connectivity index (χ0n) is 18.6. The largest absolute Gasteiger partial charge is 0.493 e. The van der Waals surface area contributed by atoms with E-state index in [1.165, 1.54) is 0 Å². The molecule has 9 heteroatoms. The Morgan fingerprint density at radius 1 is 1.06 bits per heavy atom. The highest BCUT2D eigenvalue weighted by molar-refractivity contribution is 9.10. The monoisotopic (exact) mass is 521 g/mol. The van der Waals surface area contributed by atoms with Crippen molar-refractivity contribution in [2.45, 2.75) is 34.1 Å². The summed E-state index contributed by atoms with van der Waals surface area (Å²) in [6.45, 7) is 8.39. The Balaban J connectivity index is 1.86. The van der Waals surface area contributed by atoms with Gasteiger partial charge >= 0.3 is 0 Å². The van der Waals surface area contributed by atoms with E-state index in [1.807, 2.05) is 26.0 Å². The van der Waals surface area contributed by atoms with Crippen molar-refractivity contribution in [1.82, 2.24) is 16.2 Å². The van der Waals surface area contributed by atoms with Crippen molar-refractivity contribution in [3.63, 3.8) is 0 Å². The van der Waals surface area contributed by atoms with Crippen LogP contribution < -0.4 is 25.6 Å². The Bertz CT molecular complexity index is 982. The molecule has 0 fully saturated rings. The number of hydrogen-bond donors (Lipinski definition) is 3. The molecule has 0 unspecified atom stereocenters. The molecule has 2 aromatic rings. The number of hydrogen-bond acceptors (Lipinski definition) is 5. The number of aryl methyl sites for hydroxylation is 1. The first-order valence-corrected chi connectivity index (χ1v) is 11.4. The molecule has 0 aromatic heterocycles. The van der Waals surface area contributed by atoms with E-state index in [4.69, 9.17) is 21.7 Å². The van der Waals surface area contributed by atoms with Gasteiger partial charge in [0.25, 0.3) is 11.8 Å². The number of amides is 2. The molecular weight excluding hydrogens is 494 g/mol. The zero-order chi connectivity index (χ0) is 23.7. The van der Waals surface area contributed by atoms with Crippen LogP contribution in [0.4, 0.5) is 0 Å². The van der Waals surface area contributed by atoms with Crippen molar-refractivity contribution in [1.29, 1.82) is 0 Å². The van der Waals surface area contributed by atoms with Crippen LogP contribution in [-0.2, 0) is 4.79 Å². The van der Waals surface area contributed by atoms with Gasteiger partial charge in [-0.2, -0.15) is 0 Å². The van der Waals surface area contributed by atoms with Crippen molar-refractivity contribution in [2.75, 3.05) is 13.2 Å².